The number of carbonyl (C=O) groups is 1. The number of nitrogens with zero attached hydrogens (tertiary/aromatic N) is 1. The third kappa shape index (κ3) is 2.32. The minimum atomic E-state index is -0.609. The first-order valence-corrected chi connectivity index (χ1v) is 6.26. The lowest BCUT2D eigenvalue weighted by atomic mass is 9.88. The van der Waals surface area contributed by atoms with E-state index in [-0.39, 0.29) is 18.6 Å². The minimum Gasteiger partial charge on any atom is -0.460 e. The van der Waals surface area contributed by atoms with Gasteiger partial charge in [-0.2, -0.15) is 0 Å². The Balaban J connectivity index is 2.05. The van der Waals surface area contributed by atoms with Crippen LogP contribution in [0.5, 0.6) is 0 Å². The predicted octanol–water partition coefficient (Wildman–Crippen LogP) is -0.246. The van der Waals surface area contributed by atoms with Gasteiger partial charge >= 0.3 is 5.97 Å². The third-order valence-corrected chi connectivity index (χ3v) is 4.08. The lowest BCUT2D eigenvalue weighted by Gasteiger charge is -2.39. The molecule has 2 rings (SSSR count). The molecule has 0 amide bonds. The van der Waals surface area contributed by atoms with E-state index in [4.69, 9.17) is 9.84 Å². The number of hydrogen-bond donors (Lipinski definition) is 2. The van der Waals surface area contributed by atoms with Crippen molar-refractivity contribution in [1.82, 2.24) is 4.90 Å². The number of fused-ring (bicyclic) bond motifs is 2. The van der Waals surface area contributed by atoms with E-state index in [9.17, 15) is 9.90 Å². The van der Waals surface area contributed by atoms with Gasteiger partial charge < -0.3 is 14.9 Å². The molecular weight excluding hydrogens is 222 g/mol. The summed E-state index contributed by atoms with van der Waals surface area (Å²) in [6.07, 6.45) is 1.50. The Hall–Kier alpha value is -0.650. The van der Waals surface area contributed by atoms with Crippen LogP contribution < -0.4 is 0 Å². The van der Waals surface area contributed by atoms with Crippen LogP contribution in [0.25, 0.3) is 0 Å². The fraction of sp³-hybridized carbons (Fsp3) is 0.917. The Labute approximate surface area is 101 Å². The Kier molecular flexibility index (Phi) is 3.70. The SMILES string of the molecule is CC(CO)OC(=O)[C@@H]1[C@H]2CC[C@@H](C[C@@H]1O)N2C. The van der Waals surface area contributed by atoms with Gasteiger partial charge in [-0.1, -0.05) is 0 Å². The largest absolute Gasteiger partial charge is 0.460 e. The topological polar surface area (TPSA) is 70.0 Å². The molecular formula is C12H21NO4. The van der Waals surface area contributed by atoms with Gasteiger partial charge in [-0.3, -0.25) is 9.69 Å². The first-order chi connectivity index (χ1) is 8.04. The molecule has 98 valence electrons. The molecule has 5 heteroatoms. The fourth-order valence-electron chi connectivity index (χ4n) is 3.07. The number of rotatable bonds is 3. The molecule has 0 aliphatic carbocycles. The summed E-state index contributed by atoms with van der Waals surface area (Å²) in [5.74, 6) is -0.844. The highest BCUT2D eigenvalue weighted by Gasteiger charge is 2.49. The van der Waals surface area contributed by atoms with Crippen LogP contribution in [-0.2, 0) is 9.53 Å². The van der Waals surface area contributed by atoms with E-state index in [1.54, 1.807) is 6.92 Å². The molecule has 2 saturated heterocycles. The first kappa shape index (κ1) is 12.8. The summed E-state index contributed by atoms with van der Waals surface area (Å²) in [5, 5.41) is 18.9. The highest BCUT2D eigenvalue weighted by Crippen LogP contribution is 2.38. The number of aliphatic hydroxyl groups excluding tert-OH is 2. The molecule has 2 aliphatic heterocycles. The number of aliphatic hydroxyl groups is 2. The Bertz CT molecular complexity index is 296. The summed E-state index contributed by atoms with van der Waals surface area (Å²) in [7, 11) is 2.00. The van der Waals surface area contributed by atoms with Crippen LogP contribution in [0, 0.1) is 5.92 Å². The molecule has 2 N–H and O–H groups in total. The van der Waals surface area contributed by atoms with Crippen LogP contribution in [0.3, 0.4) is 0 Å². The summed E-state index contributed by atoms with van der Waals surface area (Å²) < 4.78 is 5.13. The molecule has 0 aromatic carbocycles. The summed E-state index contributed by atoms with van der Waals surface area (Å²) in [6.45, 7) is 1.46. The fourth-order valence-corrected chi connectivity index (χ4v) is 3.07. The summed E-state index contributed by atoms with van der Waals surface area (Å²) >= 11 is 0. The standard InChI is InChI=1S/C12H21NO4/c1-7(6-14)17-12(16)11-9-4-3-8(13(9)2)5-10(11)15/h7-11,14-15H,3-6H2,1-2H3/t7?,8-,9+,10-,11+/m0/s1. The van der Waals surface area contributed by atoms with E-state index in [0.717, 1.165) is 12.8 Å². The van der Waals surface area contributed by atoms with Crippen molar-refractivity contribution >= 4 is 5.97 Å². The molecule has 2 bridgehead atoms. The van der Waals surface area contributed by atoms with Gasteiger partial charge in [0.2, 0.25) is 0 Å². The van der Waals surface area contributed by atoms with Gasteiger partial charge in [0.25, 0.3) is 0 Å². The molecule has 2 aliphatic rings. The lowest BCUT2D eigenvalue weighted by molar-refractivity contribution is -0.165. The van der Waals surface area contributed by atoms with Crippen LogP contribution >= 0.6 is 0 Å². The van der Waals surface area contributed by atoms with Crippen molar-refractivity contribution in [2.24, 2.45) is 5.92 Å². The van der Waals surface area contributed by atoms with Gasteiger partial charge in [0, 0.05) is 12.1 Å². The quantitative estimate of drug-likeness (QED) is 0.669. The first-order valence-electron chi connectivity index (χ1n) is 6.26. The second-order valence-corrected chi connectivity index (χ2v) is 5.22. The second-order valence-electron chi connectivity index (χ2n) is 5.22. The van der Waals surface area contributed by atoms with Crippen molar-refractivity contribution in [3.8, 4) is 0 Å². The molecule has 17 heavy (non-hydrogen) atoms. The number of ether oxygens (including phenoxy) is 1. The number of esters is 1. The van der Waals surface area contributed by atoms with Gasteiger partial charge in [0.05, 0.1) is 18.6 Å². The third-order valence-electron chi connectivity index (χ3n) is 4.08. The Morgan fingerprint density at radius 2 is 2.24 bits per heavy atom. The predicted molar refractivity (Wildman–Crippen MR) is 61.3 cm³/mol. The van der Waals surface area contributed by atoms with E-state index in [1.807, 2.05) is 7.05 Å². The van der Waals surface area contributed by atoms with Crippen LogP contribution in [0.15, 0.2) is 0 Å². The Morgan fingerprint density at radius 1 is 1.53 bits per heavy atom. The molecule has 0 saturated carbocycles. The maximum Gasteiger partial charge on any atom is 0.313 e. The second kappa shape index (κ2) is 4.92. The smallest absolute Gasteiger partial charge is 0.313 e. The highest BCUT2D eigenvalue weighted by molar-refractivity contribution is 5.74. The molecule has 0 aromatic rings. The monoisotopic (exact) mass is 243 g/mol. The zero-order chi connectivity index (χ0) is 12.6. The molecule has 5 atom stereocenters. The van der Waals surface area contributed by atoms with Gasteiger partial charge in [-0.25, -0.2) is 0 Å². The molecule has 2 fully saturated rings. The summed E-state index contributed by atoms with van der Waals surface area (Å²) in [5.41, 5.74) is 0. The molecule has 2 heterocycles. The van der Waals surface area contributed by atoms with Gasteiger partial charge in [-0.15, -0.1) is 0 Å². The minimum absolute atomic E-state index is 0.0853. The maximum absolute atomic E-state index is 12.0. The molecule has 1 unspecified atom stereocenters. The lowest BCUT2D eigenvalue weighted by Crippen LogP contribution is -2.52. The van der Waals surface area contributed by atoms with Crippen molar-refractivity contribution in [3.63, 3.8) is 0 Å². The number of piperidine rings is 1. The van der Waals surface area contributed by atoms with Gasteiger partial charge in [-0.05, 0) is 33.2 Å². The molecule has 0 radical (unpaired) electrons. The van der Waals surface area contributed by atoms with Crippen LogP contribution in [0.1, 0.15) is 26.2 Å². The van der Waals surface area contributed by atoms with Crippen molar-refractivity contribution in [1.29, 1.82) is 0 Å². The van der Waals surface area contributed by atoms with Crippen LogP contribution in [0.2, 0.25) is 0 Å². The van der Waals surface area contributed by atoms with Crippen LogP contribution in [0.4, 0.5) is 0 Å². The average molecular weight is 243 g/mol. The number of carbonyl (C=O) groups excluding carboxylic acids is 1. The van der Waals surface area contributed by atoms with Gasteiger partial charge in [0.15, 0.2) is 0 Å². The normalized spacial score (nSPS) is 39.1. The van der Waals surface area contributed by atoms with E-state index in [0.29, 0.717) is 12.5 Å². The highest BCUT2D eigenvalue weighted by atomic mass is 16.6. The zero-order valence-corrected chi connectivity index (χ0v) is 10.4. The van der Waals surface area contributed by atoms with Gasteiger partial charge in [0.1, 0.15) is 6.10 Å². The summed E-state index contributed by atoms with van der Waals surface area (Å²) in [4.78, 5) is 14.2. The van der Waals surface area contributed by atoms with Crippen molar-refractivity contribution < 1.29 is 19.7 Å². The van der Waals surface area contributed by atoms with E-state index in [2.05, 4.69) is 4.90 Å². The maximum atomic E-state index is 12.0. The van der Waals surface area contributed by atoms with E-state index in [1.165, 1.54) is 0 Å². The van der Waals surface area contributed by atoms with E-state index >= 15 is 0 Å². The average Bonchev–Trinajstić information content (AvgIpc) is 2.53. The molecule has 0 spiro atoms. The molecule has 5 nitrogen and oxygen atoms in total. The van der Waals surface area contributed by atoms with Crippen molar-refractivity contribution in [2.75, 3.05) is 13.7 Å². The Morgan fingerprint density at radius 3 is 2.88 bits per heavy atom. The zero-order valence-electron chi connectivity index (χ0n) is 10.4. The number of hydrogen-bond acceptors (Lipinski definition) is 5. The van der Waals surface area contributed by atoms with Crippen molar-refractivity contribution in [3.05, 3.63) is 0 Å². The van der Waals surface area contributed by atoms with Crippen molar-refractivity contribution in [2.45, 2.75) is 50.5 Å². The summed E-state index contributed by atoms with van der Waals surface area (Å²) in [6, 6.07) is 0.483. The molecule has 0 aromatic heterocycles. The van der Waals surface area contributed by atoms with Crippen LogP contribution in [-0.4, -0.2) is 59.0 Å². The van der Waals surface area contributed by atoms with E-state index < -0.39 is 18.1 Å².